The Morgan fingerprint density at radius 3 is 2.96 bits per heavy atom. The predicted octanol–water partition coefficient (Wildman–Crippen LogP) is 4.59. The number of fused-ring (bicyclic) bond motifs is 1. The molecule has 0 amide bonds. The van der Waals surface area contributed by atoms with Gasteiger partial charge in [0.1, 0.15) is 0 Å². The molecule has 2 aliphatic rings. The Labute approximate surface area is 169 Å². The van der Waals surface area contributed by atoms with E-state index in [-0.39, 0.29) is 5.56 Å². The molecule has 0 N–H and O–H groups in total. The van der Waals surface area contributed by atoms with Crippen LogP contribution in [-0.2, 0) is 17.6 Å². The van der Waals surface area contributed by atoms with Gasteiger partial charge >= 0.3 is 0 Å². The number of benzene rings is 1. The van der Waals surface area contributed by atoms with Crippen molar-refractivity contribution in [3.8, 4) is 5.69 Å². The van der Waals surface area contributed by atoms with Gasteiger partial charge in [0, 0.05) is 22.9 Å². The summed E-state index contributed by atoms with van der Waals surface area (Å²) in [5.41, 5.74) is 3.71. The van der Waals surface area contributed by atoms with Crippen molar-refractivity contribution >= 4 is 23.4 Å². The molecule has 4 nitrogen and oxygen atoms in total. The molecule has 0 radical (unpaired) electrons. The second-order valence-corrected chi connectivity index (χ2v) is 8.84. The lowest BCUT2D eigenvalue weighted by Gasteiger charge is -2.24. The van der Waals surface area contributed by atoms with E-state index < -0.39 is 0 Å². The third-order valence-corrected chi connectivity index (χ3v) is 7.08. The highest BCUT2D eigenvalue weighted by Gasteiger charge is 2.23. The summed E-state index contributed by atoms with van der Waals surface area (Å²) in [5, 5.41) is 1.46. The van der Waals surface area contributed by atoms with E-state index in [4.69, 9.17) is 21.3 Å². The van der Waals surface area contributed by atoms with Gasteiger partial charge in [0.15, 0.2) is 5.16 Å². The molecular weight excluding hydrogens is 380 g/mol. The largest absolute Gasteiger partial charge is 0.381 e. The van der Waals surface area contributed by atoms with E-state index in [1.54, 1.807) is 16.3 Å². The molecule has 0 spiro atoms. The number of hydrogen-bond donors (Lipinski definition) is 0. The maximum Gasteiger partial charge on any atom is 0.262 e. The zero-order chi connectivity index (χ0) is 18.8. The molecule has 144 valence electrons. The lowest BCUT2D eigenvalue weighted by molar-refractivity contribution is 0.0632. The molecule has 2 aromatic rings. The van der Waals surface area contributed by atoms with Crippen LogP contribution in [0.25, 0.3) is 5.69 Å². The molecule has 1 fully saturated rings. The van der Waals surface area contributed by atoms with Gasteiger partial charge in [0.25, 0.3) is 5.56 Å². The van der Waals surface area contributed by atoms with Crippen LogP contribution in [0.5, 0.6) is 0 Å². The Morgan fingerprint density at radius 1 is 1.30 bits per heavy atom. The average molecular weight is 405 g/mol. The molecular formula is C21H25ClN2O2S. The Morgan fingerprint density at radius 2 is 2.15 bits per heavy atom. The second-order valence-electron chi connectivity index (χ2n) is 7.45. The number of rotatable bonds is 4. The molecule has 1 saturated heterocycles. The zero-order valence-electron chi connectivity index (χ0n) is 15.7. The molecule has 0 saturated carbocycles. The second kappa shape index (κ2) is 8.38. The monoisotopic (exact) mass is 404 g/mol. The summed E-state index contributed by atoms with van der Waals surface area (Å²) in [6, 6.07) is 5.73. The average Bonchev–Trinajstić information content (AvgIpc) is 2.70. The summed E-state index contributed by atoms with van der Waals surface area (Å²) in [4.78, 5) is 18.3. The first kappa shape index (κ1) is 19.0. The van der Waals surface area contributed by atoms with E-state index in [1.807, 2.05) is 25.1 Å². The topological polar surface area (TPSA) is 44.1 Å². The molecule has 1 aliphatic heterocycles. The van der Waals surface area contributed by atoms with E-state index in [1.165, 1.54) is 6.42 Å². The van der Waals surface area contributed by atoms with Gasteiger partial charge in [-0.15, -0.1) is 0 Å². The Bertz CT molecular complexity index is 890. The molecule has 1 unspecified atom stereocenters. The molecule has 27 heavy (non-hydrogen) atoms. The Balaban J connectivity index is 1.77. The summed E-state index contributed by atoms with van der Waals surface area (Å²) in [5.74, 6) is 1.44. The van der Waals surface area contributed by atoms with Crippen LogP contribution >= 0.6 is 23.4 Å². The molecule has 1 atom stereocenters. The van der Waals surface area contributed by atoms with Crippen LogP contribution in [0.4, 0.5) is 0 Å². The molecule has 4 rings (SSSR count). The number of ether oxygens (including phenoxy) is 1. The van der Waals surface area contributed by atoms with E-state index in [0.29, 0.717) is 10.9 Å². The lowest BCUT2D eigenvalue weighted by atomic mass is 9.97. The number of hydrogen-bond acceptors (Lipinski definition) is 4. The van der Waals surface area contributed by atoms with Crippen LogP contribution in [0, 0.1) is 12.8 Å². The van der Waals surface area contributed by atoms with Gasteiger partial charge in [-0.05, 0) is 69.1 Å². The van der Waals surface area contributed by atoms with Crippen molar-refractivity contribution in [1.29, 1.82) is 0 Å². The van der Waals surface area contributed by atoms with Gasteiger partial charge in [-0.1, -0.05) is 29.4 Å². The van der Waals surface area contributed by atoms with Crippen LogP contribution in [0.3, 0.4) is 0 Å². The highest BCUT2D eigenvalue weighted by molar-refractivity contribution is 7.99. The van der Waals surface area contributed by atoms with Crippen molar-refractivity contribution in [3.05, 3.63) is 50.4 Å². The minimum absolute atomic E-state index is 0.0764. The van der Waals surface area contributed by atoms with Crippen molar-refractivity contribution in [3.63, 3.8) is 0 Å². The van der Waals surface area contributed by atoms with Crippen molar-refractivity contribution in [1.82, 2.24) is 9.55 Å². The maximum absolute atomic E-state index is 13.4. The third-order valence-electron chi connectivity index (χ3n) is 5.50. The standard InChI is InChI=1S/C21H25ClN2O2S/c1-14-17(22)8-4-10-19(14)24-20(25)16-7-2-3-9-18(16)23-21(24)27-13-15-6-5-11-26-12-15/h4,8,10,15H,2-3,5-7,9,11-13H2,1H3. The van der Waals surface area contributed by atoms with Gasteiger partial charge in [0.05, 0.1) is 18.0 Å². The van der Waals surface area contributed by atoms with Gasteiger partial charge in [-0.3, -0.25) is 9.36 Å². The lowest BCUT2D eigenvalue weighted by Crippen LogP contribution is -2.30. The summed E-state index contributed by atoms with van der Waals surface area (Å²) < 4.78 is 7.41. The van der Waals surface area contributed by atoms with E-state index in [2.05, 4.69) is 0 Å². The Hall–Kier alpha value is -1.30. The summed E-state index contributed by atoms with van der Waals surface area (Å²) >= 11 is 8.03. The predicted molar refractivity (Wildman–Crippen MR) is 110 cm³/mol. The number of aryl methyl sites for hydroxylation is 1. The molecule has 1 aromatic heterocycles. The fourth-order valence-corrected chi connectivity index (χ4v) is 5.21. The van der Waals surface area contributed by atoms with Gasteiger partial charge in [-0.25, -0.2) is 4.98 Å². The smallest absolute Gasteiger partial charge is 0.262 e. The van der Waals surface area contributed by atoms with Gasteiger partial charge < -0.3 is 4.74 Å². The fraction of sp³-hybridized carbons (Fsp3) is 0.524. The fourth-order valence-electron chi connectivity index (χ4n) is 3.91. The van der Waals surface area contributed by atoms with Crippen molar-refractivity contribution in [2.24, 2.45) is 5.92 Å². The van der Waals surface area contributed by atoms with Crippen LogP contribution < -0.4 is 5.56 Å². The van der Waals surface area contributed by atoms with Crippen LogP contribution in [0.15, 0.2) is 28.2 Å². The molecule has 1 aliphatic carbocycles. The van der Waals surface area contributed by atoms with Crippen LogP contribution in [0.2, 0.25) is 5.02 Å². The zero-order valence-corrected chi connectivity index (χ0v) is 17.2. The van der Waals surface area contributed by atoms with Crippen LogP contribution in [-0.4, -0.2) is 28.5 Å². The van der Waals surface area contributed by atoms with Crippen LogP contribution in [0.1, 0.15) is 42.5 Å². The quantitative estimate of drug-likeness (QED) is 0.552. The van der Waals surface area contributed by atoms with E-state index in [0.717, 1.165) is 78.7 Å². The highest BCUT2D eigenvalue weighted by Crippen LogP contribution is 2.29. The first-order chi connectivity index (χ1) is 13.1. The van der Waals surface area contributed by atoms with Crippen molar-refractivity contribution in [2.45, 2.75) is 50.6 Å². The number of aromatic nitrogens is 2. The van der Waals surface area contributed by atoms with Crippen molar-refractivity contribution < 1.29 is 4.74 Å². The van der Waals surface area contributed by atoms with Gasteiger partial charge in [-0.2, -0.15) is 0 Å². The highest BCUT2D eigenvalue weighted by atomic mass is 35.5. The van der Waals surface area contributed by atoms with Crippen molar-refractivity contribution in [2.75, 3.05) is 19.0 Å². The molecule has 6 heteroatoms. The van der Waals surface area contributed by atoms with E-state index >= 15 is 0 Å². The van der Waals surface area contributed by atoms with E-state index in [9.17, 15) is 4.79 Å². The first-order valence-corrected chi connectivity index (χ1v) is 11.1. The summed E-state index contributed by atoms with van der Waals surface area (Å²) in [6.07, 6.45) is 6.19. The minimum Gasteiger partial charge on any atom is -0.381 e. The number of halogens is 1. The maximum atomic E-state index is 13.4. The molecule has 1 aromatic carbocycles. The number of nitrogens with zero attached hydrogens (tertiary/aromatic N) is 2. The minimum atomic E-state index is 0.0764. The number of thioether (sulfide) groups is 1. The summed E-state index contributed by atoms with van der Waals surface area (Å²) in [7, 11) is 0. The molecule has 0 bridgehead atoms. The Kier molecular flexibility index (Phi) is 5.90. The third kappa shape index (κ3) is 3.96. The normalized spacial score (nSPS) is 19.7. The first-order valence-electron chi connectivity index (χ1n) is 9.76. The molecule has 2 heterocycles. The summed E-state index contributed by atoms with van der Waals surface area (Å²) in [6.45, 7) is 3.63. The SMILES string of the molecule is Cc1c(Cl)cccc1-n1c(SCC2CCCOC2)nc2c(c1=O)CCCC2. The van der Waals surface area contributed by atoms with Gasteiger partial charge in [0.2, 0.25) is 0 Å².